The largest absolute Gasteiger partial charge is 0.462 e. The highest BCUT2D eigenvalue weighted by Gasteiger charge is 2.09. The molecule has 0 radical (unpaired) electrons. The quantitative estimate of drug-likeness (QED) is 0.646. The van der Waals surface area contributed by atoms with E-state index in [1.54, 1.807) is 0 Å². The first-order valence-electron chi connectivity index (χ1n) is 5.12. The molecule has 1 heterocycles. The van der Waals surface area contributed by atoms with Crippen molar-refractivity contribution < 1.29 is 14.2 Å². The summed E-state index contributed by atoms with van der Waals surface area (Å²) < 4.78 is 15.5. The molecule has 1 aromatic heterocycles. The number of nitrogens with zero attached hydrogens (tertiary/aromatic N) is 3. The van der Waals surface area contributed by atoms with E-state index in [1.807, 2.05) is 0 Å². The van der Waals surface area contributed by atoms with Crippen molar-refractivity contribution in [3.05, 3.63) is 0 Å². The molecule has 0 atom stereocenters. The van der Waals surface area contributed by atoms with Gasteiger partial charge in [-0.1, -0.05) is 0 Å². The van der Waals surface area contributed by atoms with Crippen LogP contribution in [0.4, 0.5) is 0 Å². The van der Waals surface area contributed by atoms with Crippen molar-refractivity contribution in [1.82, 2.24) is 15.0 Å². The van der Waals surface area contributed by atoms with Gasteiger partial charge in [0.05, 0.1) is 17.6 Å². The predicted molar refractivity (Wildman–Crippen MR) is 68.5 cm³/mol. The van der Waals surface area contributed by atoms with Crippen molar-refractivity contribution in [3.63, 3.8) is 0 Å². The third kappa shape index (κ3) is 5.75. The normalized spacial score (nSPS) is 10.2. The number of hydrogen-bond acceptors (Lipinski definition) is 6. The fraction of sp³-hybridized carbons (Fsp3) is 0.667. The molecule has 0 aliphatic carbocycles. The van der Waals surface area contributed by atoms with Crippen molar-refractivity contribution >= 4 is 34.8 Å². The molecule has 1 aromatic rings. The van der Waals surface area contributed by atoms with Gasteiger partial charge in [0.25, 0.3) is 0 Å². The van der Waals surface area contributed by atoms with Gasteiger partial charge in [-0.15, -0.1) is 49.8 Å². The van der Waals surface area contributed by atoms with Crippen LogP contribution in [0, 0.1) is 0 Å². The lowest BCUT2D eigenvalue weighted by Crippen LogP contribution is -2.10. The zero-order chi connectivity index (χ0) is 13.2. The number of hydrogen-bond donors (Lipinski definition) is 0. The zero-order valence-electron chi connectivity index (χ0n) is 9.44. The van der Waals surface area contributed by atoms with Gasteiger partial charge in [0.2, 0.25) is 0 Å². The summed E-state index contributed by atoms with van der Waals surface area (Å²) in [7, 11) is 0. The Kier molecular flexibility index (Phi) is 7.88. The third-order valence-electron chi connectivity index (χ3n) is 1.50. The van der Waals surface area contributed by atoms with E-state index in [4.69, 9.17) is 49.0 Å². The van der Waals surface area contributed by atoms with Crippen LogP contribution in [-0.4, -0.2) is 52.4 Å². The molecular weight excluding hydrogens is 304 g/mol. The van der Waals surface area contributed by atoms with Crippen molar-refractivity contribution in [2.24, 2.45) is 0 Å². The van der Waals surface area contributed by atoms with Crippen molar-refractivity contribution in [2.45, 2.75) is 0 Å². The second-order valence-corrected chi connectivity index (χ2v) is 3.93. The molecule has 0 aliphatic heterocycles. The fourth-order valence-corrected chi connectivity index (χ4v) is 1.14. The van der Waals surface area contributed by atoms with Crippen molar-refractivity contribution in [1.29, 1.82) is 0 Å². The first-order chi connectivity index (χ1) is 8.80. The van der Waals surface area contributed by atoms with Crippen LogP contribution in [0.15, 0.2) is 0 Å². The van der Waals surface area contributed by atoms with Gasteiger partial charge in [-0.25, -0.2) is 0 Å². The number of ether oxygens (including phenoxy) is 3. The SMILES string of the molecule is ClCCOc1nc(OCCCl)nc(OCCCl)n1. The van der Waals surface area contributed by atoms with Gasteiger partial charge in [-0.2, -0.15) is 0 Å². The summed E-state index contributed by atoms with van der Waals surface area (Å²) in [6, 6.07) is 0.249. The summed E-state index contributed by atoms with van der Waals surface area (Å²) >= 11 is 16.5. The first kappa shape index (κ1) is 15.3. The van der Waals surface area contributed by atoms with Crippen molar-refractivity contribution in [3.8, 4) is 18.0 Å². The maximum absolute atomic E-state index is 5.50. The van der Waals surface area contributed by atoms with Gasteiger partial charge in [0, 0.05) is 0 Å². The number of alkyl halides is 3. The molecule has 0 bridgehead atoms. The molecule has 0 unspecified atom stereocenters. The van der Waals surface area contributed by atoms with E-state index in [2.05, 4.69) is 15.0 Å². The lowest BCUT2D eigenvalue weighted by atomic mass is 10.8. The molecule has 0 saturated carbocycles. The highest BCUT2D eigenvalue weighted by Crippen LogP contribution is 2.14. The molecule has 0 aromatic carbocycles. The summed E-state index contributed by atoms with van der Waals surface area (Å²) in [5.74, 6) is 0.963. The van der Waals surface area contributed by atoms with E-state index in [0.717, 1.165) is 0 Å². The minimum absolute atomic E-state index is 0.0831. The summed E-state index contributed by atoms with van der Waals surface area (Å²) in [6.45, 7) is 0.820. The number of halogens is 3. The van der Waals surface area contributed by atoms with Crippen LogP contribution in [0.2, 0.25) is 0 Å². The van der Waals surface area contributed by atoms with Crippen LogP contribution < -0.4 is 14.2 Å². The van der Waals surface area contributed by atoms with Crippen LogP contribution in [0.5, 0.6) is 18.0 Å². The molecule has 0 spiro atoms. The molecule has 6 nitrogen and oxygen atoms in total. The van der Waals surface area contributed by atoms with Crippen LogP contribution in [0.25, 0.3) is 0 Å². The molecular formula is C9H12Cl3N3O3. The fourth-order valence-electron chi connectivity index (χ4n) is 0.904. The van der Waals surface area contributed by atoms with E-state index < -0.39 is 0 Å². The second-order valence-electron chi connectivity index (χ2n) is 2.80. The Labute approximate surface area is 120 Å². The van der Waals surface area contributed by atoms with Gasteiger partial charge in [0.1, 0.15) is 19.8 Å². The highest BCUT2D eigenvalue weighted by molar-refractivity contribution is 6.18. The average molecular weight is 317 g/mol. The maximum Gasteiger partial charge on any atom is 0.325 e. The number of rotatable bonds is 9. The standard InChI is InChI=1S/C9H12Cl3N3O3/c10-1-4-16-7-13-8(17-5-2-11)15-9(14-7)18-6-3-12/h1-6H2. The van der Waals surface area contributed by atoms with Crippen LogP contribution in [0.1, 0.15) is 0 Å². The number of aromatic nitrogens is 3. The lowest BCUT2D eigenvalue weighted by Gasteiger charge is -2.08. The molecule has 0 saturated heterocycles. The molecule has 1 rings (SSSR count). The first-order valence-corrected chi connectivity index (χ1v) is 6.73. The average Bonchev–Trinajstić information content (AvgIpc) is 2.40. The van der Waals surface area contributed by atoms with Crippen molar-refractivity contribution in [2.75, 3.05) is 37.5 Å². The highest BCUT2D eigenvalue weighted by atomic mass is 35.5. The summed E-state index contributed by atoms with van der Waals surface area (Å²) in [5, 5.41) is 0. The monoisotopic (exact) mass is 315 g/mol. The van der Waals surface area contributed by atoms with Gasteiger partial charge < -0.3 is 14.2 Å². The van der Waals surface area contributed by atoms with E-state index >= 15 is 0 Å². The van der Waals surface area contributed by atoms with E-state index in [-0.39, 0.29) is 37.9 Å². The zero-order valence-corrected chi connectivity index (χ0v) is 11.7. The summed E-state index contributed by atoms with van der Waals surface area (Å²) in [6.07, 6.45) is 0. The Morgan fingerprint density at radius 1 is 0.611 bits per heavy atom. The van der Waals surface area contributed by atoms with E-state index in [9.17, 15) is 0 Å². The second kappa shape index (κ2) is 9.24. The van der Waals surface area contributed by atoms with Gasteiger partial charge >= 0.3 is 18.0 Å². The van der Waals surface area contributed by atoms with Crippen LogP contribution >= 0.6 is 34.8 Å². The smallest absolute Gasteiger partial charge is 0.325 e. The topological polar surface area (TPSA) is 66.4 Å². The third-order valence-corrected chi connectivity index (χ3v) is 1.96. The molecule has 0 fully saturated rings. The van der Waals surface area contributed by atoms with E-state index in [0.29, 0.717) is 17.6 Å². The maximum atomic E-state index is 5.50. The molecule has 9 heteroatoms. The van der Waals surface area contributed by atoms with Gasteiger partial charge in [-0.3, -0.25) is 0 Å². The summed E-state index contributed by atoms with van der Waals surface area (Å²) in [5.41, 5.74) is 0. The molecule has 0 N–H and O–H groups in total. The molecule has 18 heavy (non-hydrogen) atoms. The van der Waals surface area contributed by atoms with Crippen LogP contribution in [-0.2, 0) is 0 Å². The Morgan fingerprint density at radius 3 is 1.11 bits per heavy atom. The molecule has 0 aliphatic rings. The van der Waals surface area contributed by atoms with Gasteiger partial charge in [0.15, 0.2) is 0 Å². The van der Waals surface area contributed by atoms with Crippen LogP contribution in [0.3, 0.4) is 0 Å². The predicted octanol–water partition coefficient (Wildman–Crippen LogP) is 1.72. The Balaban J connectivity index is 2.74. The van der Waals surface area contributed by atoms with Gasteiger partial charge in [-0.05, 0) is 0 Å². The Bertz CT molecular complexity index is 292. The molecule has 102 valence electrons. The lowest BCUT2D eigenvalue weighted by molar-refractivity contribution is 0.253. The Hall–Kier alpha value is -0.720. The van der Waals surface area contributed by atoms with E-state index in [1.165, 1.54) is 0 Å². The minimum Gasteiger partial charge on any atom is -0.462 e. The Morgan fingerprint density at radius 2 is 0.889 bits per heavy atom. The molecule has 0 amide bonds. The summed E-state index contributed by atoms with van der Waals surface area (Å²) in [4.78, 5) is 11.8. The minimum atomic E-state index is 0.0831.